The average molecular weight is 347 g/mol. The molecule has 0 atom stereocenters. The zero-order valence-corrected chi connectivity index (χ0v) is 14.7. The summed E-state index contributed by atoms with van der Waals surface area (Å²) in [6.45, 7) is 3.65. The van der Waals surface area contributed by atoms with Crippen molar-refractivity contribution in [1.29, 1.82) is 0 Å². The molecule has 2 amide bonds. The molecule has 0 fully saturated rings. The number of aromatic nitrogens is 1. The number of rotatable bonds is 7. The number of nitrogens with one attached hydrogen (secondary N) is 1. The number of benzene rings is 1. The highest BCUT2D eigenvalue weighted by Crippen LogP contribution is 2.27. The topological polar surface area (TPSA) is 93.9 Å². The fourth-order valence-electron chi connectivity index (χ4n) is 2.36. The summed E-state index contributed by atoms with van der Waals surface area (Å²) in [5, 5.41) is 6.58. The summed E-state index contributed by atoms with van der Waals surface area (Å²) in [6.07, 6.45) is 0. The number of methoxy groups -OCH3 is 2. The average Bonchev–Trinajstić information content (AvgIpc) is 3.03. The first-order valence-electron chi connectivity index (χ1n) is 7.68. The van der Waals surface area contributed by atoms with Gasteiger partial charge in [-0.3, -0.25) is 14.5 Å². The standard InChI is InChI=1S/C17H21N3O5/c1-11-10-15(19-25-11)20(12(2)21)9-8-18-17(22)16-13(23-3)6-5-7-14(16)24-4/h5-7,10H,8-9H2,1-4H3,(H,18,22). The zero-order valence-electron chi connectivity index (χ0n) is 14.7. The maximum absolute atomic E-state index is 12.5. The van der Waals surface area contributed by atoms with Crippen molar-refractivity contribution in [2.24, 2.45) is 0 Å². The number of aryl methyl sites for hydroxylation is 1. The number of ether oxygens (including phenoxy) is 2. The van der Waals surface area contributed by atoms with Crippen LogP contribution in [0.5, 0.6) is 11.5 Å². The van der Waals surface area contributed by atoms with E-state index in [1.807, 2.05) is 0 Å². The first kappa shape index (κ1) is 18.3. The molecule has 1 aromatic heterocycles. The van der Waals surface area contributed by atoms with Crippen molar-refractivity contribution in [2.45, 2.75) is 13.8 Å². The molecule has 0 unspecified atom stereocenters. The third-order valence-electron chi connectivity index (χ3n) is 3.55. The predicted octanol–water partition coefficient (Wildman–Crippen LogP) is 1.78. The van der Waals surface area contributed by atoms with E-state index < -0.39 is 0 Å². The molecule has 0 saturated carbocycles. The highest BCUT2D eigenvalue weighted by atomic mass is 16.5. The monoisotopic (exact) mass is 347 g/mol. The Balaban J connectivity index is 2.06. The van der Waals surface area contributed by atoms with Crippen molar-refractivity contribution in [1.82, 2.24) is 10.5 Å². The highest BCUT2D eigenvalue weighted by Gasteiger charge is 2.19. The van der Waals surface area contributed by atoms with Gasteiger partial charge >= 0.3 is 0 Å². The van der Waals surface area contributed by atoms with Gasteiger partial charge in [0.25, 0.3) is 5.91 Å². The molecule has 134 valence electrons. The van der Waals surface area contributed by atoms with Gasteiger partial charge in [0.1, 0.15) is 22.8 Å². The summed E-state index contributed by atoms with van der Waals surface area (Å²) in [5.41, 5.74) is 0.305. The van der Waals surface area contributed by atoms with Crippen LogP contribution in [0.15, 0.2) is 28.8 Å². The molecule has 1 aromatic carbocycles. The van der Waals surface area contributed by atoms with Gasteiger partial charge in [0.05, 0.1) is 14.2 Å². The highest BCUT2D eigenvalue weighted by molar-refractivity contribution is 5.99. The summed E-state index contributed by atoms with van der Waals surface area (Å²) in [4.78, 5) is 25.7. The molecule has 0 saturated heterocycles. The summed E-state index contributed by atoms with van der Waals surface area (Å²) >= 11 is 0. The Morgan fingerprint density at radius 1 is 1.24 bits per heavy atom. The molecule has 8 nitrogen and oxygen atoms in total. The van der Waals surface area contributed by atoms with E-state index in [1.54, 1.807) is 31.2 Å². The normalized spacial score (nSPS) is 10.2. The molecule has 8 heteroatoms. The van der Waals surface area contributed by atoms with Gasteiger partial charge < -0.3 is 19.3 Å². The maximum atomic E-state index is 12.5. The van der Waals surface area contributed by atoms with Crippen LogP contribution in [0, 0.1) is 6.92 Å². The smallest absolute Gasteiger partial charge is 0.258 e. The summed E-state index contributed by atoms with van der Waals surface area (Å²) < 4.78 is 15.4. The Hall–Kier alpha value is -3.03. The third kappa shape index (κ3) is 4.28. The van der Waals surface area contributed by atoms with Crippen molar-refractivity contribution in [3.63, 3.8) is 0 Å². The zero-order chi connectivity index (χ0) is 18.4. The van der Waals surface area contributed by atoms with Crippen LogP contribution in [0.25, 0.3) is 0 Å². The molecule has 1 heterocycles. The lowest BCUT2D eigenvalue weighted by Crippen LogP contribution is -2.38. The second-order valence-electron chi connectivity index (χ2n) is 5.26. The molecule has 0 aliphatic carbocycles. The molecular formula is C17H21N3O5. The first-order valence-corrected chi connectivity index (χ1v) is 7.68. The van der Waals surface area contributed by atoms with Crippen molar-refractivity contribution in [3.05, 3.63) is 35.6 Å². The molecular weight excluding hydrogens is 326 g/mol. The van der Waals surface area contributed by atoms with Crippen LogP contribution < -0.4 is 19.7 Å². The Bertz CT molecular complexity index is 734. The number of carbonyl (C=O) groups is 2. The van der Waals surface area contributed by atoms with Gasteiger partial charge in [-0.1, -0.05) is 11.2 Å². The van der Waals surface area contributed by atoms with Gasteiger partial charge in [-0.2, -0.15) is 0 Å². The minimum absolute atomic E-state index is 0.197. The summed E-state index contributed by atoms with van der Waals surface area (Å²) in [5.74, 6) is 1.28. The molecule has 0 bridgehead atoms. The van der Waals surface area contributed by atoms with Gasteiger partial charge in [-0.15, -0.1) is 0 Å². The maximum Gasteiger partial charge on any atom is 0.258 e. The molecule has 2 rings (SSSR count). The largest absolute Gasteiger partial charge is 0.496 e. The van der Waals surface area contributed by atoms with Crippen molar-refractivity contribution < 1.29 is 23.6 Å². The number of carbonyl (C=O) groups excluding carboxylic acids is 2. The quantitative estimate of drug-likeness (QED) is 0.820. The van der Waals surface area contributed by atoms with Crippen LogP contribution in [0.4, 0.5) is 5.82 Å². The van der Waals surface area contributed by atoms with Gasteiger partial charge in [-0.25, -0.2) is 0 Å². The van der Waals surface area contributed by atoms with E-state index in [0.29, 0.717) is 28.6 Å². The van der Waals surface area contributed by atoms with Crippen LogP contribution in [0.3, 0.4) is 0 Å². The van der Waals surface area contributed by atoms with Gasteiger partial charge in [0, 0.05) is 26.1 Å². The molecule has 0 spiro atoms. The Morgan fingerprint density at radius 3 is 2.36 bits per heavy atom. The first-order chi connectivity index (χ1) is 12.0. The number of amides is 2. The predicted molar refractivity (Wildman–Crippen MR) is 91.1 cm³/mol. The fourth-order valence-corrected chi connectivity index (χ4v) is 2.36. The van der Waals surface area contributed by atoms with Gasteiger partial charge in [0.15, 0.2) is 5.82 Å². The van der Waals surface area contributed by atoms with Crippen LogP contribution in [-0.4, -0.2) is 44.3 Å². The molecule has 0 aliphatic rings. The van der Waals surface area contributed by atoms with E-state index in [0.717, 1.165) is 0 Å². The number of anilines is 1. The lowest BCUT2D eigenvalue weighted by Gasteiger charge is -2.18. The van der Waals surface area contributed by atoms with E-state index in [1.165, 1.54) is 26.0 Å². The number of nitrogens with zero attached hydrogens (tertiary/aromatic N) is 2. The van der Waals surface area contributed by atoms with Gasteiger partial charge in [0.2, 0.25) is 5.91 Å². The van der Waals surface area contributed by atoms with E-state index in [-0.39, 0.29) is 24.9 Å². The minimum Gasteiger partial charge on any atom is -0.496 e. The molecule has 0 aliphatic heterocycles. The summed E-state index contributed by atoms with van der Waals surface area (Å²) in [6, 6.07) is 6.75. The van der Waals surface area contributed by atoms with E-state index in [4.69, 9.17) is 14.0 Å². The molecule has 1 N–H and O–H groups in total. The third-order valence-corrected chi connectivity index (χ3v) is 3.55. The number of hydrogen-bond acceptors (Lipinski definition) is 6. The van der Waals surface area contributed by atoms with E-state index in [9.17, 15) is 9.59 Å². The molecule has 0 radical (unpaired) electrons. The Labute approximate surface area is 145 Å². The number of hydrogen-bond donors (Lipinski definition) is 1. The van der Waals surface area contributed by atoms with Gasteiger partial charge in [-0.05, 0) is 19.1 Å². The second kappa shape index (κ2) is 8.18. The Kier molecular flexibility index (Phi) is 5.99. The lowest BCUT2D eigenvalue weighted by atomic mass is 10.1. The van der Waals surface area contributed by atoms with Crippen LogP contribution in [0.2, 0.25) is 0 Å². The van der Waals surface area contributed by atoms with Crippen LogP contribution in [0.1, 0.15) is 23.0 Å². The fraction of sp³-hybridized carbons (Fsp3) is 0.353. The van der Waals surface area contributed by atoms with E-state index in [2.05, 4.69) is 10.5 Å². The van der Waals surface area contributed by atoms with Crippen molar-refractivity contribution >= 4 is 17.6 Å². The minimum atomic E-state index is -0.353. The van der Waals surface area contributed by atoms with E-state index >= 15 is 0 Å². The SMILES string of the molecule is COc1cccc(OC)c1C(=O)NCCN(C(C)=O)c1cc(C)on1. The van der Waals surface area contributed by atoms with Crippen molar-refractivity contribution in [2.75, 3.05) is 32.2 Å². The molecule has 2 aromatic rings. The van der Waals surface area contributed by atoms with Crippen LogP contribution in [-0.2, 0) is 4.79 Å². The summed E-state index contributed by atoms with van der Waals surface area (Å²) in [7, 11) is 2.96. The van der Waals surface area contributed by atoms with Crippen LogP contribution >= 0.6 is 0 Å². The Morgan fingerprint density at radius 2 is 1.88 bits per heavy atom. The lowest BCUT2D eigenvalue weighted by molar-refractivity contribution is -0.116. The van der Waals surface area contributed by atoms with Crippen molar-refractivity contribution in [3.8, 4) is 11.5 Å². The second-order valence-corrected chi connectivity index (χ2v) is 5.26. The molecule has 25 heavy (non-hydrogen) atoms.